The van der Waals surface area contributed by atoms with E-state index < -0.39 is 0 Å². The van der Waals surface area contributed by atoms with E-state index in [4.69, 9.17) is 16.7 Å². The summed E-state index contributed by atoms with van der Waals surface area (Å²) in [5.41, 5.74) is 11.8. The van der Waals surface area contributed by atoms with Crippen molar-refractivity contribution in [1.82, 2.24) is 15.0 Å². The molecule has 0 saturated carbocycles. The van der Waals surface area contributed by atoms with E-state index in [0.717, 1.165) is 0 Å². The standard InChI is InChI=1S/C8H6N6/c9-2-4-1-5-7(11)12-3-13-8(5)14-6(4)10/h1,3H,(H4,10,11,12,13,14). The summed E-state index contributed by atoms with van der Waals surface area (Å²) in [5, 5.41) is 9.26. The second kappa shape index (κ2) is 2.81. The Morgan fingerprint density at radius 3 is 2.71 bits per heavy atom. The first kappa shape index (κ1) is 8.19. The Bertz CT molecular complexity index is 541. The molecule has 2 rings (SSSR count). The minimum atomic E-state index is 0.151. The molecule has 4 N–H and O–H groups in total. The van der Waals surface area contributed by atoms with Crippen molar-refractivity contribution in [3.05, 3.63) is 18.0 Å². The third-order valence-corrected chi connectivity index (χ3v) is 1.81. The second-order valence-electron chi connectivity index (χ2n) is 2.66. The number of pyridine rings is 1. The Balaban J connectivity index is 2.89. The quantitative estimate of drug-likeness (QED) is 0.601. The first-order valence-corrected chi connectivity index (χ1v) is 3.79. The highest BCUT2D eigenvalue weighted by Gasteiger charge is 2.06. The lowest BCUT2D eigenvalue weighted by Crippen LogP contribution is -2.00. The van der Waals surface area contributed by atoms with Crippen molar-refractivity contribution < 1.29 is 0 Å². The van der Waals surface area contributed by atoms with Crippen molar-refractivity contribution >= 4 is 22.7 Å². The monoisotopic (exact) mass is 186 g/mol. The molecular weight excluding hydrogens is 180 g/mol. The molecule has 0 spiro atoms. The average molecular weight is 186 g/mol. The van der Waals surface area contributed by atoms with E-state index in [0.29, 0.717) is 16.9 Å². The largest absolute Gasteiger partial charge is 0.383 e. The van der Waals surface area contributed by atoms with E-state index in [1.807, 2.05) is 6.07 Å². The van der Waals surface area contributed by atoms with Crippen molar-refractivity contribution in [3.8, 4) is 6.07 Å². The molecule has 2 aromatic rings. The van der Waals surface area contributed by atoms with Crippen molar-refractivity contribution in [2.45, 2.75) is 0 Å². The van der Waals surface area contributed by atoms with E-state index in [-0.39, 0.29) is 11.4 Å². The van der Waals surface area contributed by atoms with Gasteiger partial charge in [-0.15, -0.1) is 0 Å². The molecule has 0 amide bonds. The summed E-state index contributed by atoms with van der Waals surface area (Å²) < 4.78 is 0. The van der Waals surface area contributed by atoms with Gasteiger partial charge in [-0.1, -0.05) is 0 Å². The third-order valence-electron chi connectivity index (χ3n) is 1.81. The average Bonchev–Trinajstić information content (AvgIpc) is 2.17. The van der Waals surface area contributed by atoms with Gasteiger partial charge in [0, 0.05) is 0 Å². The van der Waals surface area contributed by atoms with Crippen LogP contribution in [0, 0.1) is 11.3 Å². The highest BCUT2D eigenvalue weighted by atomic mass is 15.0. The lowest BCUT2D eigenvalue weighted by molar-refractivity contribution is 1.19. The maximum atomic E-state index is 8.72. The Morgan fingerprint density at radius 2 is 2.00 bits per heavy atom. The Hall–Kier alpha value is -2.42. The maximum Gasteiger partial charge on any atom is 0.167 e. The van der Waals surface area contributed by atoms with Crippen LogP contribution in [0.3, 0.4) is 0 Å². The van der Waals surface area contributed by atoms with E-state index in [1.165, 1.54) is 12.4 Å². The Labute approximate surface area is 79.2 Å². The third kappa shape index (κ3) is 1.08. The summed E-state index contributed by atoms with van der Waals surface area (Å²) in [4.78, 5) is 11.6. The molecule has 0 saturated heterocycles. The van der Waals surface area contributed by atoms with E-state index in [2.05, 4.69) is 15.0 Å². The lowest BCUT2D eigenvalue weighted by atomic mass is 10.2. The highest BCUT2D eigenvalue weighted by Crippen LogP contribution is 2.19. The van der Waals surface area contributed by atoms with Crippen molar-refractivity contribution in [2.24, 2.45) is 0 Å². The van der Waals surface area contributed by atoms with Gasteiger partial charge in [-0.25, -0.2) is 15.0 Å². The fourth-order valence-corrected chi connectivity index (χ4v) is 1.11. The minimum absolute atomic E-state index is 0.151. The maximum absolute atomic E-state index is 8.72. The van der Waals surface area contributed by atoms with Gasteiger partial charge in [0.1, 0.15) is 24.0 Å². The van der Waals surface area contributed by atoms with Crippen molar-refractivity contribution in [2.75, 3.05) is 11.5 Å². The van der Waals surface area contributed by atoms with Crippen LogP contribution in [0.25, 0.3) is 11.0 Å². The molecule has 6 heteroatoms. The van der Waals surface area contributed by atoms with Crippen LogP contribution in [0.15, 0.2) is 12.4 Å². The van der Waals surface area contributed by atoms with Crippen LogP contribution in [-0.4, -0.2) is 15.0 Å². The Kier molecular flexibility index (Phi) is 1.65. The fourth-order valence-electron chi connectivity index (χ4n) is 1.11. The number of fused-ring (bicyclic) bond motifs is 1. The summed E-state index contributed by atoms with van der Waals surface area (Å²) >= 11 is 0. The molecule has 2 heterocycles. The normalized spacial score (nSPS) is 9.93. The minimum Gasteiger partial charge on any atom is -0.383 e. The van der Waals surface area contributed by atoms with Gasteiger partial charge in [0.05, 0.1) is 10.9 Å². The number of nitrogens with zero attached hydrogens (tertiary/aromatic N) is 4. The number of rotatable bonds is 0. The smallest absolute Gasteiger partial charge is 0.167 e. The van der Waals surface area contributed by atoms with Crippen molar-refractivity contribution in [1.29, 1.82) is 5.26 Å². The first-order valence-electron chi connectivity index (χ1n) is 3.79. The van der Waals surface area contributed by atoms with Crippen LogP contribution in [0.5, 0.6) is 0 Å². The van der Waals surface area contributed by atoms with Crippen LogP contribution in [-0.2, 0) is 0 Å². The number of hydrogen-bond acceptors (Lipinski definition) is 6. The molecule has 6 nitrogen and oxygen atoms in total. The number of hydrogen-bond donors (Lipinski definition) is 2. The molecular formula is C8H6N6. The predicted octanol–water partition coefficient (Wildman–Crippen LogP) is 0.0609. The van der Waals surface area contributed by atoms with E-state index >= 15 is 0 Å². The number of nitrogen functional groups attached to an aromatic ring is 2. The number of aromatic nitrogens is 3. The second-order valence-corrected chi connectivity index (χ2v) is 2.66. The molecule has 0 unspecified atom stereocenters. The summed E-state index contributed by atoms with van der Waals surface area (Å²) in [6, 6.07) is 3.45. The van der Waals surface area contributed by atoms with Gasteiger partial charge in [0.2, 0.25) is 0 Å². The molecule has 0 radical (unpaired) electrons. The molecule has 0 atom stereocenters. The van der Waals surface area contributed by atoms with Gasteiger partial charge in [-0.2, -0.15) is 5.26 Å². The zero-order valence-electron chi connectivity index (χ0n) is 7.10. The van der Waals surface area contributed by atoms with Gasteiger partial charge < -0.3 is 11.5 Å². The van der Waals surface area contributed by atoms with Crippen LogP contribution in [0.4, 0.5) is 11.6 Å². The predicted molar refractivity (Wildman–Crippen MR) is 50.9 cm³/mol. The topological polar surface area (TPSA) is 114 Å². The van der Waals surface area contributed by atoms with Gasteiger partial charge >= 0.3 is 0 Å². The number of anilines is 2. The molecule has 2 aromatic heterocycles. The summed E-state index contributed by atoms with van der Waals surface area (Å²) in [6.45, 7) is 0. The van der Waals surface area contributed by atoms with Crippen LogP contribution in [0.2, 0.25) is 0 Å². The molecule has 0 bridgehead atoms. The fraction of sp³-hybridized carbons (Fsp3) is 0. The summed E-state index contributed by atoms with van der Waals surface area (Å²) in [7, 11) is 0. The van der Waals surface area contributed by atoms with Gasteiger partial charge in [0.15, 0.2) is 5.65 Å². The van der Waals surface area contributed by atoms with Gasteiger partial charge in [-0.05, 0) is 6.07 Å². The van der Waals surface area contributed by atoms with Crippen molar-refractivity contribution in [3.63, 3.8) is 0 Å². The zero-order valence-corrected chi connectivity index (χ0v) is 7.10. The zero-order chi connectivity index (χ0) is 10.1. The summed E-state index contributed by atoms with van der Waals surface area (Å²) in [5.74, 6) is 0.442. The lowest BCUT2D eigenvalue weighted by Gasteiger charge is -2.01. The van der Waals surface area contributed by atoms with Crippen LogP contribution >= 0.6 is 0 Å². The molecule has 68 valence electrons. The van der Waals surface area contributed by atoms with E-state index in [9.17, 15) is 0 Å². The van der Waals surface area contributed by atoms with Crippen LogP contribution in [0.1, 0.15) is 5.56 Å². The number of nitrogens with two attached hydrogens (primary N) is 2. The highest BCUT2D eigenvalue weighted by molar-refractivity contribution is 5.87. The first-order chi connectivity index (χ1) is 6.72. The molecule has 0 aliphatic heterocycles. The SMILES string of the molecule is N#Cc1cc2c(N)ncnc2nc1N. The molecule has 0 aromatic carbocycles. The number of nitriles is 1. The summed E-state index contributed by atoms with van der Waals surface area (Å²) in [6.07, 6.45) is 1.30. The molecule has 0 aliphatic carbocycles. The Morgan fingerprint density at radius 1 is 1.21 bits per heavy atom. The molecule has 0 fully saturated rings. The van der Waals surface area contributed by atoms with E-state index in [1.54, 1.807) is 0 Å². The molecule has 14 heavy (non-hydrogen) atoms. The van der Waals surface area contributed by atoms with Gasteiger partial charge in [0.25, 0.3) is 0 Å². The van der Waals surface area contributed by atoms with Crippen LogP contribution < -0.4 is 11.5 Å². The van der Waals surface area contributed by atoms with Gasteiger partial charge in [-0.3, -0.25) is 0 Å². The molecule has 0 aliphatic rings.